The molecule has 2 aliphatic rings. The molecule has 0 heterocycles. The first-order chi connectivity index (χ1) is 7.48. The fraction of sp³-hybridized carbons (Fsp3) is 1.00. The Labute approximate surface area is 102 Å². The second kappa shape index (κ2) is 4.35. The molecule has 0 radical (unpaired) electrons. The first-order valence-electron chi connectivity index (χ1n) is 7.48. The summed E-state index contributed by atoms with van der Waals surface area (Å²) in [4.78, 5) is 0. The number of rotatable bonds is 5. The number of fused-ring (bicyclic) bond motifs is 1. The fourth-order valence-corrected chi connectivity index (χ4v) is 3.89. The predicted octanol–water partition coefficient (Wildman–Crippen LogP) is 5.42. The number of unbranched alkanes of at least 4 members (excludes halogenated alkanes) is 2. The smallest absolute Gasteiger partial charge is 0.0294 e. The van der Waals surface area contributed by atoms with Crippen LogP contribution in [0.4, 0.5) is 0 Å². The Morgan fingerprint density at radius 2 is 2.00 bits per heavy atom. The van der Waals surface area contributed by atoms with E-state index >= 15 is 0 Å². The third-order valence-corrected chi connectivity index (χ3v) is 5.70. The van der Waals surface area contributed by atoms with Gasteiger partial charge in [0, 0.05) is 0 Å². The predicted molar refractivity (Wildman–Crippen MR) is 71.5 cm³/mol. The van der Waals surface area contributed by atoms with Crippen LogP contribution >= 0.6 is 0 Å². The summed E-state index contributed by atoms with van der Waals surface area (Å²) < 4.78 is 0. The third-order valence-electron chi connectivity index (χ3n) is 5.70. The van der Waals surface area contributed by atoms with Crippen molar-refractivity contribution < 1.29 is 0 Å². The van der Waals surface area contributed by atoms with Crippen LogP contribution in [-0.2, 0) is 0 Å². The lowest BCUT2D eigenvalue weighted by Gasteiger charge is -2.38. The summed E-state index contributed by atoms with van der Waals surface area (Å²) >= 11 is 0. The molecule has 3 atom stereocenters. The third kappa shape index (κ3) is 2.46. The second-order valence-corrected chi connectivity index (χ2v) is 7.47. The highest BCUT2D eigenvalue weighted by molar-refractivity contribution is 5.04. The molecule has 0 saturated heterocycles. The summed E-state index contributed by atoms with van der Waals surface area (Å²) in [7, 11) is 0. The summed E-state index contributed by atoms with van der Waals surface area (Å²) in [6.07, 6.45) is 11.8. The SMILES string of the molecule is CCCCCC(C)(C)C1CCC2(C)CC2C1. The summed E-state index contributed by atoms with van der Waals surface area (Å²) in [6.45, 7) is 9.87. The molecule has 2 rings (SSSR count). The fourth-order valence-electron chi connectivity index (χ4n) is 3.89. The van der Waals surface area contributed by atoms with Gasteiger partial charge >= 0.3 is 0 Å². The normalized spacial score (nSPS) is 38.2. The Bertz CT molecular complexity index is 240. The van der Waals surface area contributed by atoms with Crippen LogP contribution in [0.3, 0.4) is 0 Å². The maximum Gasteiger partial charge on any atom is -0.0294 e. The van der Waals surface area contributed by atoms with E-state index in [2.05, 4.69) is 27.7 Å². The van der Waals surface area contributed by atoms with Crippen molar-refractivity contribution >= 4 is 0 Å². The molecule has 0 aliphatic heterocycles. The second-order valence-electron chi connectivity index (χ2n) is 7.47. The average Bonchev–Trinajstić information content (AvgIpc) is 2.88. The lowest BCUT2D eigenvalue weighted by Crippen LogP contribution is -2.28. The maximum atomic E-state index is 2.53. The van der Waals surface area contributed by atoms with Crippen molar-refractivity contribution in [2.24, 2.45) is 22.7 Å². The number of hydrogen-bond donors (Lipinski definition) is 0. The van der Waals surface area contributed by atoms with Crippen molar-refractivity contribution in [2.45, 2.75) is 79.1 Å². The Morgan fingerprint density at radius 1 is 1.25 bits per heavy atom. The largest absolute Gasteiger partial charge is 0.0654 e. The van der Waals surface area contributed by atoms with Crippen LogP contribution in [0.25, 0.3) is 0 Å². The first-order valence-corrected chi connectivity index (χ1v) is 7.48. The zero-order valence-corrected chi connectivity index (χ0v) is 11.8. The molecule has 0 heteroatoms. The highest BCUT2D eigenvalue weighted by Gasteiger charge is 2.54. The van der Waals surface area contributed by atoms with E-state index in [1.807, 2.05) is 0 Å². The standard InChI is InChI=1S/C16H30/c1-5-6-7-9-15(2,3)13-8-10-16(4)12-14(16)11-13/h13-14H,5-12H2,1-4H3. The van der Waals surface area contributed by atoms with Crippen molar-refractivity contribution in [3.8, 4) is 0 Å². The molecule has 0 aromatic heterocycles. The van der Waals surface area contributed by atoms with E-state index in [1.54, 1.807) is 0 Å². The highest BCUT2D eigenvalue weighted by atomic mass is 14.6. The van der Waals surface area contributed by atoms with E-state index in [0.29, 0.717) is 5.41 Å². The van der Waals surface area contributed by atoms with Crippen LogP contribution < -0.4 is 0 Å². The van der Waals surface area contributed by atoms with Crippen molar-refractivity contribution in [2.75, 3.05) is 0 Å². The molecular weight excluding hydrogens is 192 g/mol. The summed E-state index contributed by atoms with van der Waals surface area (Å²) in [5.74, 6) is 2.11. The van der Waals surface area contributed by atoms with Crippen LogP contribution in [-0.4, -0.2) is 0 Å². The van der Waals surface area contributed by atoms with Crippen LogP contribution in [0.15, 0.2) is 0 Å². The van der Waals surface area contributed by atoms with Gasteiger partial charge in [-0.25, -0.2) is 0 Å². The van der Waals surface area contributed by atoms with Gasteiger partial charge < -0.3 is 0 Å². The Balaban J connectivity index is 1.82. The Kier molecular flexibility index (Phi) is 3.39. The van der Waals surface area contributed by atoms with E-state index in [9.17, 15) is 0 Å². The Morgan fingerprint density at radius 3 is 2.62 bits per heavy atom. The van der Waals surface area contributed by atoms with Gasteiger partial charge in [-0.05, 0) is 54.8 Å². The van der Waals surface area contributed by atoms with Crippen molar-refractivity contribution in [1.82, 2.24) is 0 Å². The van der Waals surface area contributed by atoms with Gasteiger partial charge in [0.2, 0.25) is 0 Å². The van der Waals surface area contributed by atoms with Gasteiger partial charge in [0.15, 0.2) is 0 Å². The van der Waals surface area contributed by atoms with E-state index in [4.69, 9.17) is 0 Å². The van der Waals surface area contributed by atoms with Gasteiger partial charge in [-0.1, -0.05) is 47.0 Å². The number of hydrogen-bond acceptors (Lipinski definition) is 0. The molecule has 0 N–H and O–H groups in total. The minimum Gasteiger partial charge on any atom is -0.0654 e. The molecule has 0 aromatic carbocycles. The van der Waals surface area contributed by atoms with E-state index in [1.165, 1.54) is 51.4 Å². The first kappa shape index (κ1) is 12.5. The molecule has 94 valence electrons. The van der Waals surface area contributed by atoms with Crippen molar-refractivity contribution in [3.05, 3.63) is 0 Å². The van der Waals surface area contributed by atoms with Gasteiger partial charge in [0.25, 0.3) is 0 Å². The van der Waals surface area contributed by atoms with E-state index in [0.717, 1.165) is 17.3 Å². The summed E-state index contributed by atoms with van der Waals surface area (Å²) in [5.41, 5.74) is 1.40. The van der Waals surface area contributed by atoms with Crippen LogP contribution in [0.2, 0.25) is 0 Å². The molecule has 0 bridgehead atoms. The molecule has 0 amide bonds. The maximum absolute atomic E-state index is 2.53. The minimum atomic E-state index is 0.610. The zero-order valence-electron chi connectivity index (χ0n) is 11.8. The molecule has 16 heavy (non-hydrogen) atoms. The molecule has 0 spiro atoms. The van der Waals surface area contributed by atoms with Crippen LogP contribution in [0.1, 0.15) is 79.1 Å². The molecule has 0 nitrogen and oxygen atoms in total. The molecule has 3 unspecified atom stereocenters. The van der Waals surface area contributed by atoms with Crippen molar-refractivity contribution in [1.29, 1.82) is 0 Å². The lowest BCUT2D eigenvalue weighted by molar-refractivity contribution is 0.120. The minimum absolute atomic E-state index is 0.610. The average molecular weight is 222 g/mol. The van der Waals surface area contributed by atoms with Gasteiger partial charge in [-0.15, -0.1) is 0 Å². The van der Waals surface area contributed by atoms with E-state index in [-0.39, 0.29) is 0 Å². The molecule has 2 saturated carbocycles. The van der Waals surface area contributed by atoms with Gasteiger partial charge in [-0.3, -0.25) is 0 Å². The van der Waals surface area contributed by atoms with Gasteiger partial charge in [0.1, 0.15) is 0 Å². The molecule has 0 aromatic rings. The molecular formula is C16H30. The summed E-state index contributed by atoms with van der Waals surface area (Å²) in [6, 6.07) is 0. The van der Waals surface area contributed by atoms with Gasteiger partial charge in [-0.2, -0.15) is 0 Å². The van der Waals surface area contributed by atoms with E-state index < -0.39 is 0 Å². The molecule has 2 fully saturated rings. The highest BCUT2D eigenvalue weighted by Crippen LogP contribution is 2.64. The quantitative estimate of drug-likeness (QED) is 0.545. The topological polar surface area (TPSA) is 0 Å². The summed E-state index contributed by atoms with van der Waals surface area (Å²) in [5, 5.41) is 0. The Hall–Kier alpha value is 0. The van der Waals surface area contributed by atoms with Crippen molar-refractivity contribution in [3.63, 3.8) is 0 Å². The van der Waals surface area contributed by atoms with Crippen LogP contribution in [0, 0.1) is 22.7 Å². The monoisotopic (exact) mass is 222 g/mol. The zero-order chi connectivity index (χ0) is 11.8. The lowest BCUT2D eigenvalue weighted by atomic mass is 9.67. The van der Waals surface area contributed by atoms with Crippen LogP contribution in [0.5, 0.6) is 0 Å². The van der Waals surface area contributed by atoms with Gasteiger partial charge in [0.05, 0.1) is 0 Å². The molecule has 2 aliphatic carbocycles.